The van der Waals surface area contributed by atoms with Crippen molar-refractivity contribution in [2.45, 2.75) is 46.6 Å². The van der Waals surface area contributed by atoms with Gasteiger partial charge in [-0.05, 0) is 31.4 Å². The molecule has 0 fully saturated rings. The topological polar surface area (TPSA) is 12.0 Å². The Morgan fingerprint density at radius 3 is 2.38 bits per heavy atom. The standard InChI is InChI=1S/C11H25NS/c1-5-11(4)12-7-9-13-8-6-10(2)3/h10-12H,5-9H2,1-4H3. The molecule has 0 bridgehead atoms. The summed E-state index contributed by atoms with van der Waals surface area (Å²) >= 11 is 2.07. The first-order valence-corrected chi connectivity index (χ1v) is 6.63. The molecule has 0 saturated heterocycles. The summed E-state index contributed by atoms with van der Waals surface area (Å²) in [5.41, 5.74) is 0. The maximum Gasteiger partial charge on any atom is 0.00581 e. The molecule has 0 aliphatic carbocycles. The molecule has 0 aliphatic rings. The summed E-state index contributed by atoms with van der Waals surface area (Å²) in [7, 11) is 0. The molecule has 0 aromatic heterocycles. The highest BCUT2D eigenvalue weighted by atomic mass is 32.2. The zero-order valence-electron chi connectivity index (χ0n) is 9.60. The van der Waals surface area contributed by atoms with Gasteiger partial charge in [0.1, 0.15) is 0 Å². The SMILES string of the molecule is CCC(C)NCCSCCC(C)C. The quantitative estimate of drug-likeness (QED) is 0.608. The monoisotopic (exact) mass is 203 g/mol. The van der Waals surface area contributed by atoms with Gasteiger partial charge in [0, 0.05) is 18.3 Å². The highest BCUT2D eigenvalue weighted by Gasteiger charge is 1.97. The van der Waals surface area contributed by atoms with Crippen LogP contribution >= 0.6 is 11.8 Å². The van der Waals surface area contributed by atoms with E-state index in [1.54, 1.807) is 0 Å². The Hall–Kier alpha value is 0.310. The number of thioether (sulfide) groups is 1. The highest BCUT2D eigenvalue weighted by Crippen LogP contribution is 2.07. The molecule has 1 unspecified atom stereocenters. The molecule has 1 atom stereocenters. The smallest absolute Gasteiger partial charge is 0.00581 e. The van der Waals surface area contributed by atoms with Crippen molar-refractivity contribution in [1.82, 2.24) is 5.32 Å². The molecule has 0 amide bonds. The molecule has 1 N–H and O–H groups in total. The summed E-state index contributed by atoms with van der Waals surface area (Å²) in [6, 6.07) is 0.686. The van der Waals surface area contributed by atoms with Gasteiger partial charge in [-0.25, -0.2) is 0 Å². The van der Waals surface area contributed by atoms with E-state index in [1.807, 2.05) is 0 Å². The van der Waals surface area contributed by atoms with E-state index in [4.69, 9.17) is 0 Å². The molecule has 0 heterocycles. The number of hydrogen-bond acceptors (Lipinski definition) is 2. The van der Waals surface area contributed by atoms with Crippen molar-refractivity contribution in [3.63, 3.8) is 0 Å². The van der Waals surface area contributed by atoms with E-state index < -0.39 is 0 Å². The van der Waals surface area contributed by atoms with Crippen LogP contribution in [0.15, 0.2) is 0 Å². The molecule has 0 saturated carbocycles. The van der Waals surface area contributed by atoms with Gasteiger partial charge < -0.3 is 5.32 Å². The zero-order chi connectivity index (χ0) is 10.1. The van der Waals surface area contributed by atoms with Crippen molar-refractivity contribution in [2.75, 3.05) is 18.1 Å². The van der Waals surface area contributed by atoms with E-state index in [0.717, 1.165) is 12.5 Å². The number of rotatable bonds is 8. The third kappa shape index (κ3) is 10.2. The van der Waals surface area contributed by atoms with Gasteiger partial charge >= 0.3 is 0 Å². The van der Waals surface area contributed by atoms with Crippen LogP contribution in [0.2, 0.25) is 0 Å². The number of nitrogens with one attached hydrogen (secondary N) is 1. The molecule has 0 radical (unpaired) electrons. The molecule has 2 heteroatoms. The predicted molar refractivity (Wildman–Crippen MR) is 64.5 cm³/mol. The lowest BCUT2D eigenvalue weighted by atomic mass is 10.2. The summed E-state index contributed by atoms with van der Waals surface area (Å²) in [5.74, 6) is 3.44. The summed E-state index contributed by atoms with van der Waals surface area (Å²) in [4.78, 5) is 0. The van der Waals surface area contributed by atoms with Gasteiger partial charge in [0.05, 0.1) is 0 Å². The van der Waals surface area contributed by atoms with E-state index in [1.165, 1.54) is 24.3 Å². The van der Waals surface area contributed by atoms with Gasteiger partial charge in [-0.3, -0.25) is 0 Å². The van der Waals surface area contributed by atoms with Crippen LogP contribution in [-0.2, 0) is 0 Å². The van der Waals surface area contributed by atoms with E-state index in [-0.39, 0.29) is 0 Å². The molecule has 0 rings (SSSR count). The largest absolute Gasteiger partial charge is 0.313 e. The van der Waals surface area contributed by atoms with Crippen LogP contribution < -0.4 is 5.32 Å². The van der Waals surface area contributed by atoms with Crippen molar-refractivity contribution in [2.24, 2.45) is 5.92 Å². The molecule has 80 valence electrons. The summed E-state index contributed by atoms with van der Waals surface area (Å²) in [6.07, 6.45) is 2.59. The number of hydrogen-bond donors (Lipinski definition) is 1. The van der Waals surface area contributed by atoms with Gasteiger partial charge in [0.25, 0.3) is 0 Å². The van der Waals surface area contributed by atoms with Crippen molar-refractivity contribution in [3.05, 3.63) is 0 Å². The minimum Gasteiger partial charge on any atom is -0.313 e. The third-order valence-corrected chi connectivity index (χ3v) is 3.21. The minimum absolute atomic E-state index is 0.686. The second-order valence-corrected chi connectivity index (χ2v) is 5.28. The normalized spacial score (nSPS) is 13.6. The van der Waals surface area contributed by atoms with E-state index in [9.17, 15) is 0 Å². The molecule has 0 aromatic carbocycles. The Morgan fingerprint density at radius 2 is 1.85 bits per heavy atom. The van der Waals surface area contributed by atoms with Crippen LogP contribution in [0.1, 0.15) is 40.5 Å². The average molecular weight is 203 g/mol. The molecular formula is C11H25NS. The van der Waals surface area contributed by atoms with Crippen molar-refractivity contribution < 1.29 is 0 Å². The molecule has 0 spiro atoms. The zero-order valence-corrected chi connectivity index (χ0v) is 10.4. The van der Waals surface area contributed by atoms with Crippen LogP contribution in [-0.4, -0.2) is 24.1 Å². The van der Waals surface area contributed by atoms with Gasteiger partial charge in [-0.1, -0.05) is 20.8 Å². The maximum absolute atomic E-state index is 3.50. The fourth-order valence-corrected chi connectivity index (χ4v) is 2.05. The van der Waals surface area contributed by atoms with E-state index in [2.05, 4.69) is 44.8 Å². The Bertz CT molecular complexity index is 104. The lowest BCUT2D eigenvalue weighted by Gasteiger charge is -2.10. The highest BCUT2D eigenvalue weighted by molar-refractivity contribution is 7.99. The first-order valence-electron chi connectivity index (χ1n) is 5.48. The lowest BCUT2D eigenvalue weighted by molar-refractivity contribution is 0.555. The van der Waals surface area contributed by atoms with Gasteiger partial charge in [-0.15, -0.1) is 0 Å². The van der Waals surface area contributed by atoms with Crippen LogP contribution in [0.4, 0.5) is 0 Å². The fraction of sp³-hybridized carbons (Fsp3) is 1.00. The summed E-state index contributed by atoms with van der Waals surface area (Å²) in [5, 5.41) is 3.50. The average Bonchev–Trinajstić information content (AvgIpc) is 2.10. The Balaban J connectivity index is 2.99. The van der Waals surface area contributed by atoms with Crippen LogP contribution in [0.5, 0.6) is 0 Å². The molecule has 13 heavy (non-hydrogen) atoms. The van der Waals surface area contributed by atoms with Gasteiger partial charge in [0.2, 0.25) is 0 Å². The third-order valence-electron chi connectivity index (χ3n) is 2.19. The maximum atomic E-state index is 3.50. The lowest BCUT2D eigenvalue weighted by Crippen LogP contribution is -2.27. The van der Waals surface area contributed by atoms with Gasteiger partial charge in [0.15, 0.2) is 0 Å². The molecule has 0 aromatic rings. The van der Waals surface area contributed by atoms with Crippen molar-refractivity contribution in [3.8, 4) is 0 Å². The van der Waals surface area contributed by atoms with E-state index >= 15 is 0 Å². The fourth-order valence-electron chi connectivity index (χ4n) is 0.943. The Kier molecular flexibility index (Phi) is 9.10. The Morgan fingerprint density at radius 1 is 1.15 bits per heavy atom. The second-order valence-electron chi connectivity index (χ2n) is 4.06. The molecule has 1 nitrogen and oxygen atoms in total. The van der Waals surface area contributed by atoms with Crippen molar-refractivity contribution >= 4 is 11.8 Å². The van der Waals surface area contributed by atoms with E-state index in [0.29, 0.717) is 6.04 Å². The van der Waals surface area contributed by atoms with Crippen LogP contribution in [0.3, 0.4) is 0 Å². The van der Waals surface area contributed by atoms with Crippen LogP contribution in [0, 0.1) is 5.92 Å². The predicted octanol–water partition coefficient (Wildman–Crippen LogP) is 3.15. The molecular weight excluding hydrogens is 178 g/mol. The summed E-state index contributed by atoms with van der Waals surface area (Å²) < 4.78 is 0. The summed E-state index contributed by atoms with van der Waals surface area (Å²) in [6.45, 7) is 10.2. The first-order chi connectivity index (χ1) is 6.16. The van der Waals surface area contributed by atoms with Crippen molar-refractivity contribution in [1.29, 1.82) is 0 Å². The molecule has 0 aliphatic heterocycles. The Labute approximate surface area is 88.1 Å². The second kappa shape index (κ2) is 8.89. The first kappa shape index (κ1) is 13.3. The van der Waals surface area contributed by atoms with Gasteiger partial charge in [-0.2, -0.15) is 11.8 Å². The van der Waals surface area contributed by atoms with Crippen LogP contribution in [0.25, 0.3) is 0 Å². The minimum atomic E-state index is 0.686.